The van der Waals surface area contributed by atoms with E-state index in [1.807, 2.05) is 32.2 Å². The van der Waals surface area contributed by atoms with E-state index in [4.69, 9.17) is 4.74 Å². The second-order valence-electron chi connectivity index (χ2n) is 9.75. The normalized spacial score (nSPS) is 15.7. The van der Waals surface area contributed by atoms with Crippen LogP contribution in [-0.2, 0) is 21.2 Å². The predicted molar refractivity (Wildman–Crippen MR) is 144 cm³/mol. The van der Waals surface area contributed by atoms with Crippen LogP contribution in [0.4, 0.5) is 4.39 Å². The molecule has 1 aliphatic heterocycles. The summed E-state index contributed by atoms with van der Waals surface area (Å²) in [5.41, 5.74) is 1.98. The van der Waals surface area contributed by atoms with Crippen LogP contribution in [0.15, 0.2) is 64.9 Å². The number of hydrogen-bond donors (Lipinski definition) is 0. The third-order valence-corrected chi connectivity index (χ3v) is 9.42. The Hall–Kier alpha value is -2.75. The first-order valence-corrected chi connectivity index (χ1v) is 14.8. The van der Waals surface area contributed by atoms with Gasteiger partial charge in [-0.2, -0.15) is 4.31 Å². The topological polar surface area (TPSA) is 66.9 Å². The van der Waals surface area contributed by atoms with E-state index in [1.165, 1.54) is 21.3 Å². The Morgan fingerprint density at radius 1 is 1.14 bits per heavy atom. The van der Waals surface area contributed by atoms with Gasteiger partial charge in [0.15, 0.2) is 0 Å². The Balaban J connectivity index is 1.56. The zero-order valence-corrected chi connectivity index (χ0v) is 23.0. The largest absolute Gasteiger partial charge is 0.491 e. The maximum absolute atomic E-state index is 13.7. The van der Waals surface area contributed by atoms with E-state index < -0.39 is 10.0 Å². The number of carbonyl (C=O) groups excluding carboxylic acids is 1. The van der Waals surface area contributed by atoms with Gasteiger partial charge in [0, 0.05) is 18.0 Å². The Kier molecular flexibility index (Phi) is 8.67. The van der Waals surface area contributed by atoms with Gasteiger partial charge in [-0.3, -0.25) is 4.79 Å². The number of amides is 1. The quantitative estimate of drug-likeness (QED) is 0.341. The number of halogens is 1. The zero-order chi connectivity index (χ0) is 26.6. The van der Waals surface area contributed by atoms with Crippen LogP contribution < -0.4 is 4.74 Å². The molecule has 1 aliphatic rings. The van der Waals surface area contributed by atoms with Crippen molar-refractivity contribution in [2.75, 3.05) is 26.2 Å². The number of sulfonamides is 1. The van der Waals surface area contributed by atoms with E-state index in [9.17, 15) is 17.6 Å². The van der Waals surface area contributed by atoms with E-state index >= 15 is 0 Å². The first-order chi connectivity index (χ1) is 17.6. The van der Waals surface area contributed by atoms with Gasteiger partial charge < -0.3 is 9.64 Å². The van der Waals surface area contributed by atoms with Crippen molar-refractivity contribution in [2.24, 2.45) is 5.92 Å². The summed E-state index contributed by atoms with van der Waals surface area (Å²) in [4.78, 5) is 16.8. The molecule has 198 valence electrons. The Morgan fingerprint density at radius 2 is 1.84 bits per heavy atom. The molecule has 0 N–H and O–H groups in total. The van der Waals surface area contributed by atoms with Gasteiger partial charge in [0.1, 0.15) is 18.2 Å². The molecule has 2 aromatic carbocycles. The summed E-state index contributed by atoms with van der Waals surface area (Å²) < 4.78 is 47.7. The highest BCUT2D eigenvalue weighted by Gasteiger charge is 2.35. The van der Waals surface area contributed by atoms with Crippen molar-refractivity contribution in [3.05, 3.63) is 81.8 Å². The summed E-state index contributed by atoms with van der Waals surface area (Å²) >= 11 is 1.64. The van der Waals surface area contributed by atoms with Gasteiger partial charge in [0.05, 0.1) is 17.5 Å². The molecule has 6 nitrogen and oxygen atoms in total. The van der Waals surface area contributed by atoms with Crippen molar-refractivity contribution in [1.29, 1.82) is 0 Å². The van der Waals surface area contributed by atoms with Crippen molar-refractivity contribution >= 4 is 27.3 Å². The standard InChI is InChI=1S/C28H33FN2O4S2/c1-20(2)12-15-30(37(33,34)24-10-4-21(3)5-11-24)18-28(32)31-16-13-27-25(14-17-36-27)26(31)19-35-23-8-6-22(29)7-9-23/h4-11,14,17,20,26H,12-13,15-16,18-19H2,1-3H3. The zero-order valence-electron chi connectivity index (χ0n) is 21.4. The van der Waals surface area contributed by atoms with Crippen molar-refractivity contribution < 1.29 is 22.3 Å². The fourth-order valence-electron chi connectivity index (χ4n) is 4.37. The molecular formula is C28H33FN2O4S2. The molecule has 9 heteroatoms. The lowest BCUT2D eigenvalue weighted by Gasteiger charge is -2.37. The van der Waals surface area contributed by atoms with Crippen LogP contribution in [0.5, 0.6) is 5.75 Å². The number of ether oxygens (including phenoxy) is 1. The number of hydrogen-bond acceptors (Lipinski definition) is 5. The second-order valence-corrected chi connectivity index (χ2v) is 12.7. The highest BCUT2D eigenvalue weighted by atomic mass is 32.2. The third kappa shape index (κ3) is 6.58. The maximum atomic E-state index is 13.7. The minimum atomic E-state index is -3.85. The van der Waals surface area contributed by atoms with Crippen LogP contribution in [0, 0.1) is 18.7 Å². The van der Waals surface area contributed by atoms with Gasteiger partial charge >= 0.3 is 0 Å². The molecule has 0 fully saturated rings. The Labute approximate surface area is 222 Å². The number of carbonyl (C=O) groups is 1. The van der Waals surface area contributed by atoms with Gasteiger partial charge in [-0.05, 0) is 79.1 Å². The van der Waals surface area contributed by atoms with Crippen molar-refractivity contribution in [1.82, 2.24) is 9.21 Å². The van der Waals surface area contributed by atoms with Gasteiger partial charge in [-0.1, -0.05) is 31.5 Å². The number of thiophene rings is 1. The van der Waals surface area contributed by atoms with Gasteiger partial charge in [-0.15, -0.1) is 11.3 Å². The molecule has 3 aromatic rings. The highest BCUT2D eigenvalue weighted by molar-refractivity contribution is 7.89. The fourth-order valence-corrected chi connectivity index (χ4v) is 6.70. The number of nitrogens with zero attached hydrogens (tertiary/aromatic N) is 2. The second kappa shape index (κ2) is 11.8. The van der Waals surface area contributed by atoms with E-state index in [0.717, 1.165) is 11.1 Å². The minimum absolute atomic E-state index is 0.185. The SMILES string of the molecule is Cc1ccc(S(=O)(=O)N(CCC(C)C)CC(=O)N2CCc3sccc3C2COc2ccc(F)cc2)cc1. The lowest BCUT2D eigenvalue weighted by Crippen LogP contribution is -2.48. The first-order valence-electron chi connectivity index (χ1n) is 12.5. The fraction of sp³-hybridized carbons (Fsp3) is 0.393. The summed E-state index contributed by atoms with van der Waals surface area (Å²) in [5.74, 6) is 0.185. The molecule has 0 aliphatic carbocycles. The van der Waals surface area contributed by atoms with E-state index in [-0.39, 0.29) is 48.3 Å². The summed E-state index contributed by atoms with van der Waals surface area (Å²) in [6.45, 7) is 6.65. The number of rotatable bonds is 10. The third-order valence-electron chi connectivity index (χ3n) is 6.56. The molecule has 0 saturated heterocycles. The van der Waals surface area contributed by atoms with Gasteiger partial charge in [0.2, 0.25) is 15.9 Å². The number of benzene rings is 2. The van der Waals surface area contributed by atoms with Crippen molar-refractivity contribution in [3.63, 3.8) is 0 Å². The maximum Gasteiger partial charge on any atom is 0.243 e. The van der Waals surface area contributed by atoms with E-state index in [2.05, 4.69) is 0 Å². The van der Waals surface area contributed by atoms with Crippen molar-refractivity contribution in [2.45, 2.75) is 44.6 Å². The Morgan fingerprint density at radius 3 is 2.51 bits per heavy atom. The van der Waals surface area contributed by atoms with Crippen molar-refractivity contribution in [3.8, 4) is 5.75 Å². The molecule has 1 atom stereocenters. The van der Waals surface area contributed by atoms with Crippen LogP contribution in [0.25, 0.3) is 0 Å². The van der Waals surface area contributed by atoms with Crippen LogP contribution in [0.2, 0.25) is 0 Å². The number of aryl methyl sites for hydroxylation is 1. The summed E-state index contributed by atoms with van der Waals surface area (Å²) in [6, 6.07) is 14.1. The Bertz CT molecular complexity index is 1300. The average Bonchev–Trinajstić information content (AvgIpc) is 3.35. The van der Waals surface area contributed by atoms with E-state index in [1.54, 1.807) is 52.6 Å². The molecule has 1 aromatic heterocycles. The van der Waals surface area contributed by atoms with Gasteiger partial charge in [-0.25, -0.2) is 12.8 Å². The van der Waals surface area contributed by atoms with E-state index in [0.29, 0.717) is 25.1 Å². The van der Waals surface area contributed by atoms with Crippen LogP contribution in [0.3, 0.4) is 0 Å². The summed E-state index contributed by atoms with van der Waals surface area (Å²) in [6.07, 6.45) is 1.35. The molecule has 4 rings (SSSR count). The lowest BCUT2D eigenvalue weighted by atomic mass is 10.0. The molecule has 1 amide bonds. The molecule has 0 spiro atoms. The smallest absolute Gasteiger partial charge is 0.243 e. The highest BCUT2D eigenvalue weighted by Crippen LogP contribution is 2.34. The van der Waals surface area contributed by atoms with Gasteiger partial charge in [0.25, 0.3) is 0 Å². The summed E-state index contributed by atoms with van der Waals surface area (Å²) in [5, 5.41) is 2.00. The number of fused-ring (bicyclic) bond motifs is 1. The first kappa shape index (κ1) is 27.3. The van der Waals surface area contributed by atoms with Crippen LogP contribution in [0.1, 0.15) is 42.3 Å². The van der Waals surface area contributed by atoms with Crippen LogP contribution in [-0.4, -0.2) is 49.8 Å². The molecule has 0 bridgehead atoms. The lowest BCUT2D eigenvalue weighted by molar-refractivity contribution is -0.135. The summed E-state index contributed by atoms with van der Waals surface area (Å²) in [7, 11) is -3.85. The average molecular weight is 545 g/mol. The predicted octanol–water partition coefficient (Wildman–Crippen LogP) is 5.44. The molecule has 0 radical (unpaired) electrons. The molecule has 0 saturated carbocycles. The molecular weight excluding hydrogens is 511 g/mol. The molecule has 1 unspecified atom stereocenters. The molecule has 2 heterocycles. The minimum Gasteiger partial charge on any atom is -0.491 e. The monoisotopic (exact) mass is 544 g/mol. The molecule has 37 heavy (non-hydrogen) atoms. The van der Waals surface area contributed by atoms with Crippen LogP contribution >= 0.6 is 11.3 Å².